The number of hydrogen-bond acceptors (Lipinski definition) is 5. The maximum absolute atomic E-state index is 13.0. The molecule has 0 aliphatic heterocycles. The second-order valence-corrected chi connectivity index (χ2v) is 7.50. The molecule has 0 radical (unpaired) electrons. The molecule has 0 saturated heterocycles. The Balaban J connectivity index is 1.79. The van der Waals surface area contributed by atoms with Gasteiger partial charge < -0.3 is 0 Å². The number of amides is 1. The highest BCUT2D eigenvalue weighted by Gasteiger charge is 2.20. The standard InChI is InChI=1S/C19H14BrClN6O2/c1-10-5-3-6-12-16(10)23-11(2)26(19(12)29)25-18(28)14-9-15(20)24-27(14)17-13(21)7-4-8-22-17/h3-9H,1-2H3,(H,25,28). The van der Waals surface area contributed by atoms with Gasteiger partial charge in [0.1, 0.15) is 16.1 Å². The molecule has 0 aliphatic rings. The van der Waals surface area contributed by atoms with Gasteiger partial charge in [-0.05, 0) is 53.5 Å². The van der Waals surface area contributed by atoms with Crippen LogP contribution >= 0.6 is 27.5 Å². The molecule has 0 unspecified atom stereocenters. The summed E-state index contributed by atoms with van der Waals surface area (Å²) < 4.78 is 2.84. The van der Waals surface area contributed by atoms with Crippen LogP contribution in [0.2, 0.25) is 5.02 Å². The Labute approximate surface area is 178 Å². The molecule has 0 atom stereocenters. The largest absolute Gasteiger partial charge is 0.289 e. The van der Waals surface area contributed by atoms with E-state index in [0.717, 1.165) is 10.2 Å². The van der Waals surface area contributed by atoms with Crippen LogP contribution in [0.3, 0.4) is 0 Å². The first-order valence-electron chi connectivity index (χ1n) is 8.53. The number of aromatic nitrogens is 5. The Morgan fingerprint density at radius 3 is 2.76 bits per heavy atom. The lowest BCUT2D eigenvalue weighted by atomic mass is 10.1. The Bertz CT molecular complexity index is 1330. The lowest BCUT2D eigenvalue weighted by Crippen LogP contribution is -2.36. The van der Waals surface area contributed by atoms with Crippen molar-refractivity contribution in [3.05, 3.63) is 79.7 Å². The molecule has 1 N–H and O–H groups in total. The van der Waals surface area contributed by atoms with Crippen LogP contribution in [0.1, 0.15) is 21.9 Å². The van der Waals surface area contributed by atoms with Crippen molar-refractivity contribution in [3.63, 3.8) is 0 Å². The van der Waals surface area contributed by atoms with Crippen LogP contribution in [-0.4, -0.2) is 30.3 Å². The van der Waals surface area contributed by atoms with E-state index in [1.807, 2.05) is 13.0 Å². The SMILES string of the molecule is Cc1cccc2c(=O)n(NC(=O)c3cc(Br)nn3-c3ncccc3Cl)c(C)nc12. The zero-order chi connectivity index (χ0) is 20.7. The average Bonchev–Trinajstić information content (AvgIpc) is 3.08. The third-order valence-electron chi connectivity index (χ3n) is 4.33. The predicted octanol–water partition coefficient (Wildman–Crippen LogP) is 3.39. The van der Waals surface area contributed by atoms with Crippen LogP contribution in [0, 0.1) is 13.8 Å². The van der Waals surface area contributed by atoms with Gasteiger partial charge in [0.05, 0.1) is 15.9 Å². The van der Waals surface area contributed by atoms with E-state index in [1.54, 1.807) is 37.4 Å². The van der Waals surface area contributed by atoms with Gasteiger partial charge in [0.15, 0.2) is 5.82 Å². The molecule has 0 saturated carbocycles. The number of hydrogen-bond donors (Lipinski definition) is 1. The minimum Gasteiger partial charge on any atom is -0.267 e. The second kappa shape index (κ2) is 7.41. The first-order valence-corrected chi connectivity index (χ1v) is 9.70. The van der Waals surface area contributed by atoms with Crippen molar-refractivity contribution in [1.82, 2.24) is 24.4 Å². The molecule has 29 heavy (non-hydrogen) atoms. The molecular formula is C19H14BrClN6O2. The number of para-hydroxylation sites is 1. The number of fused-ring (bicyclic) bond motifs is 1. The van der Waals surface area contributed by atoms with Gasteiger partial charge in [0.25, 0.3) is 11.5 Å². The minimum absolute atomic E-state index is 0.146. The van der Waals surface area contributed by atoms with Crippen molar-refractivity contribution < 1.29 is 4.79 Å². The summed E-state index contributed by atoms with van der Waals surface area (Å²) in [5.74, 6) is 0.0800. The molecule has 4 rings (SSSR count). The van der Waals surface area contributed by atoms with Crippen LogP contribution in [0.15, 0.2) is 52.0 Å². The highest BCUT2D eigenvalue weighted by atomic mass is 79.9. The fourth-order valence-electron chi connectivity index (χ4n) is 2.96. The van der Waals surface area contributed by atoms with Crippen molar-refractivity contribution >= 4 is 44.3 Å². The first-order chi connectivity index (χ1) is 13.9. The molecule has 8 nitrogen and oxygen atoms in total. The number of rotatable bonds is 3. The maximum atomic E-state index is 13.0. The topological polar surface area (TPSA) is 94.7 Å². The fraction of sp³-hybridized carbons (Fsp3) is 0.105. The van der Waals surface area contributed by atoms with E-state index < -0.39 is 5.91 Å². The van der Waals surface area contributed by atoms with Crippen LogP contribution in [0.4, 0.5) is 0 Å². The predicted molar refractivity (Wildman–Crippen MR) is 113 cm³/mol. The molecule has 0 spiro atoms. The molecule has 4 aromatic rings. The van der Waals surface area contributed by atoms with Crippen molar-refractivity contribution in [1.29, 1.82) is 0 Å². The van der Waals surface area contributed by atoms with Gasteiger partial charge >= 0.3 is 0 Å². The number of nitrogens with one attached hydrogen (secondary N) is 1. The summed E-state index contributed by atoms with van der Waals surface area (Å²) in [4.78, 5) is 34.6. The quantitative estimate of drug-likeness (QED) is 0.492. The normalized spacial score (nSPS) is 11.0. The smallest absolute Gasteiger partial charge is 0.267 e. The Kier molecular flexibility index (Phi) is 4.93. The average molecular weight is 474 g/mol. The van der Waals surface area contributed by atoms with E-state index in [0.29, 0.717) is 32.2 Å². The van der Waals surface area contributed by atoms with Crippen LogP contribution in [-0.2, 0) is 0 Å². The molecule has 10 heteroatoms. The summed E-state index contributed by atoms with van der Waals surface area (Å²) in [6, 6.07) is 10.2. The van der Waals surface area contributed by atoms with Gasteiger partial charge in [-0.2, -0.15) is 5.10 Å². The number of benzene rings is 1. The van der Waals surface area contributed by atoms with Crippen LogP contribution in [0.25, 0.3) is 16.7 Å². The third-order valence-corrected chi connectivity index (χ3v) is 5.02. The maximum Gasteiger partial charge on any atom is 0.289 e. The second-order valence-electron chi connectivity index (χ2n) is 6.28. The highest BCUT2D eigenvalue weighted by molar-refractivity contribution is 9.10. The van der Waals surface area contributed by atoms with Gasteiger partial charge in [0.2, 0.25) is 0 Å². The third kappa shape index (κ3) is 3.43. The highest BCUT2D eigenvalue weighted by Crippen LogP contribution is 2.21. The lowest BCUT2D eigenvalue weighted by Gasteiger charge is -2.13. The summed E-state index contributed by atoms with van der Waals surface area (Å²) in [5, 5.41) is 4.98. The fourth-order valence-corrected chi connectivity index (χ4v) is 3.54. The van der Waals surface area contributed by atoms with Gasteiger partial charge in [-0.15, -0.1) is 0 Å². The molecule has 3 aromatic heterocycles. The summed E-state index contributed by atoms with van der Waals surface area (Å²) in [5.41, 5.74) is 3.86. The molecule has 1 amide bonds. The van der Waals surface area contributed by atoms with Crippen molar-refractivity contribution in [3.8, 4) is 5.82 Å². The summed E-state index contributed by atoms with van der Waals surface area (Å²) in [6.07, 6.45) is 1.54. The van der Waals surface area contributed by atoms with E-state index in [-0.39, 0.29) is 11.3 Å². The van der Waals surface area contributed by atoms with Gasteiger partial charge in [-0.1, -0.05) is 23.7 Å². The van der Waals surface area contributed by atoms with E-state index in [1.165, 1.54) is 10.7 Å². The van der Waals surface area contributed by atoms with Gasteiger partial charge in [-0.3, -0.25) is 15.0 Å². The number of aryl methyl sites for hydroxylation is 2. The van der Waals surface area contributed by atoms with E-state index in [9.17, 15) is 9.59 Å². The van der Waals surface area contributed by atoms with Crippen LogP contribution in [0.5, 0.6) is 0 Å². The summed E-state index contributed by atoms with van der Waals surface area (Å²) in [6.45, 7) is 3.53. The van der Waals surface area contributed by atoms with Crippen LogP contribution < -0.4 is 11.0 Å². The molecule has 0 fully saturated rings. The number of halogens is 2. The number of carbonyl (C=O) groups excluding carboxylic acids is 1. The molecule has 1 aromatic carbocycles. The Hall–Kier alpha value is -3.04. The molecular weight excluding hydrogens is 460 g/mol. The van der Waals surface area contributed by atoms with E-state index >= 15 is 0 Å². The number of carbonyl (C=O) groups is 1. The number of pyridine rings is 1. The Morgan fingerprint density at radius 1 is 1.21 bits per heavy atom. The van der Waals surface area contributed by atoms with E-state index in [4.69, 9.17) is 11.6 Å². The van der Waals surface area contributed by atoms with Gasteiger partial charge in [-0.25, -0.2) is 19.3 Å². The molecule has 0 aliphatic carbocycles. The first kappa shape index (κ1) is 19.3. The lowest BCUT2D eigenvalue weighted by molar-refractivity contribution is 0.0998. The van der Waals surface area contributed by atoms with Gasteiger partial charge in [0, 0.05) is 12.3 Å². The molecule has 146 valence electrons. The van der Waals surface area contributed by atoms with Crippen molar-refractivity contribution in [2.75, 3.05) is 5.43 Å². The zero-order valence-corrected chi connectivity index (χ0v) is 17.7. The zero-order valence-electron chi connectivity index (χ0n) is 15.3. The van der Waals surface area contributed by atoms with Crippen molar-refractivity contribution in [2.45, 2.75) is 13.8 Å². The van der Waals surface area contributed by atoms with Crippen molar-refractivity contribution in [2.24, 2.45) is 0 Å². The summed E-state index contributed by atoms with van der Waals surface area (Å²) >= 11 is 9.46. The monoisotopic (exact) mass is 472 g/mol. The Morgan fingerprint density at radius 2 is 2.00 bits per heavy atom. The molecule has 0 bridgehead atoms. The summed E-state index contributed by atoms with van der Waals surface area (Å²) in [7, 11) is 0. The van der Waals surface area contributed by atoms with E-state index in [2.05, 4.69) is 36.4 Å². The molecule has 3 heterocycles. The minimum atomic E-state index is -0.566. The number of nitrogens with zero attached hydrogens (tertiary/aromatic N) is 5.